The minimum atomic E-state index is 0.000246. The number of carbonyl (C=O) groups is 2. The lowest BCUT2D eigenvalue weighted by Crippen LogP contribution is -2.42. The molecule has 34 heavy (non-hydrogen) atoms. The van der Waals surface area contributed by atoms with Gasteiger partial charge in [0.05, 0.1) is 13.0 Å². The summed E-state index contributed by atoms with van der Waals surface area (Å²) in [5, 5.41) is 11.1. The minimum Gasteiger partial charge on any atom is -0.354 e. The molecule has 5 rings (SSSR count). The number of nitrogens with one attached hydrogen (secondary N) is 2. The molecule has 1 aliphatic rings. The lowest BCUT2D eigenvalue weighted by molar-refractivity contribution is -0.130. The van der Waals surface area contributed by atoms with Gasteiger partial charge in [-0.25, -0.2) is 0 Å². The number of hydrogen-bond donors (Lipinski definition) is 2. The van der Waals surface area contributed by atoms with E-state index in [0.717, 1.165) is 22.9 Å². The Kier molecular flexibility index (Phi) is 6.54. The first-order valence-electron chi connectivity index (χ1n) is 11.9. The van der Waals surface area contributed by atoms with Gasteiger partial charge in [0.2, 0.25) is 11.8 Å². The quantitative estimate of drug-likeness (QED) is 0.465. The van der Waals surface area contributed by atoms with Crippen LogP contribution in [0.1, 0.15) is 17.5 Å². The van der Waals surface area contributed by atoms with E-state index in [1.54, 1.807) is 0 Å². The minimum absolute atomic E-state index is 0.000246. The van der Waals surface area contributed by atoms with Gasteiger partial charge in [-0.2, -0.15) is 0 Å². The molecule has 0 spiro atoms. The van der Waals surface area contributed by atoms with Crippen molar-refractivity contribution in [3.8, 4) is 0 Å². The summed E-state index contributed by atoms with van der Waals surface area (Å²) >= 11 is 0. The molecular formula is C29H29N3O2. The third-order valence-electron chi connectivity index (χ3n) is 6.61. The van der Waals surface area contributed by atoms with Crippen molar-refractivity contribution in [2.75, 3.05) is 19.6 Å². The van der Waals surface area contributed by atoms with Gasteiger partial charge in [-0.1, -0.05) is 84.9 Å². The predicted octanol–water partition coefficient (Wildman–Crippen LogP) is 4.04. The van der Waals surface area contributed by atoms with Gasteiger partial charge in [-0.15, -0.1) is 0 Å². The van der Waals surface area contributed by atoms with Gasteiger partial charge in [0.1, 0.15) is 0 Å². The van der Waals surface area contributed by atoms with E-state index in [2.05, 4.69) is 59.2 Å². The Balaban J connectivity index is 1.15. The number of rotatable bonds is 6. The Bertz CT molecular complexity index is 1330. The zero-order valence-corrected chi connectivity index (χ0v) is 19.2. The second kappa shape index (κ2) is 10.1. The van der Waals surface area contributed by atoms with Crippen LogP contribution in [0.4, 0.5) is 0 Å². The molecule has 5 nitrogen and oxygen atoms in total. The van der Waals surface area contributed by atoms with E-state index >= 15 is 0 Å². The molecule has 1 aliphatic heterocycles. The van der Waals surface area contributed by atoms with Crippen LogP contribution in [0.5, 0.6) is 0 Å². The smallest absolute Gasteiger partial charge is 0.236 e. The highest BCUT2D eigenvalue weighted by atomic mass is 16.2. The van der Waals surface area contributed by atoms with Gasteiger partial charge in [-0.05, 0) is 39.1 Å². The fourth-order valence-electron chi connectivity index (χ4n) is 4.69. The molecule has 0 aliphatic carbocycles. The molecule has 0 bridgehead atoms. The topological polar surface area (TPSA) is 61.4 Å². The van der Waals surface area contributed by atoms with Crippen molar-refractivity contribution < 1.29 is 9.59 Å². The van der Waals surface area contributed by atoms with Crippen LogP contribution < -0.4 is 10.6 Å². The Morgan fingerprint density at radius 2 is 1.68 bits per heavy atom. The average Bonchev–Trinajstić information content (AvgIpc) is 3.04. The normalized spacial score (nSPS) is 16.5. The number of benzene rings is 4. The van der Waals surface area contributed by atoms with Crippen LogP contribution in [0.15, 0.2) is 84.9 Å². The lowest BCUT2D eigenvalue weighted by atomic mass is 10.0. The van der Waals surface area contributed by atoms with Gasteiger partial charge in [0.25, 0.3) is 0 Å². The Morgan fingerprint density at radius 1 is 0.912 bits per heavy atom. The third-order valence-corrected chi connectivity index (χ3v) is 6.61. The van der Waals surface area contributed by atoms with Gasteiger partial charge < -0.3 is 15.5 Å². The third kappa shape index (κ3) is 5.10. The highest BCUT2D eigenvalue weighted by Gasteiger charge is 2.23. The fraction of sp³-hybridized carbons (Fsp3) is 0.241. The van der Waals surface area contributed by atoms with Crippen molar-refractivity contribution in [3.63, 3.8) is 0 Å². The monoisotopic (exact) mass is 451 g/mol. The zero-order valence-electron chi connectivity index (χ0n) is 19.2. The standard InChI is InChI=1S/C29H29N3O2/c33-28(17-21-12-13-22-6-1-2-8-24(22)16-21)31-18-26-14-15-32(29(34)19-30-26)20-25-10-5-9-23-7-3-4-11-27(23)25/h1-13,16,26,30H,14-15,17-20H2,(H,31,33). The van der Waals surface area contributed by atoms with Crippen molar-refractivity contribution in [3.05, 3.63) is 96.1 Å². The molecule has 1 saturated heterocycles. The first-order chi connectivity index (χ1) is 16.7. The zero-order chi connectivity index (χ0) is 23.3. The maximum absolute atomic E-state index is 12.8. The number of fused-ring (bicyclic) bond motifs is 2. The molecule has 1 heterocycles. The summed E-state index contributed by atoms with van der Waals surface area (Å²) in [6.45, 7) is 2.07. The Labute approximate surface area is 199 Å². The van der Waals surface area contributed by atoms with Crippen molar-refractivity contribution >= 4 is 33.4 Å². The maximum atomic E-state index is 12.8. The molecule has 1 unspecified atom stereocenters. The molecule has 2 N–H and O–H groups in total. The number of carbonyl (C=O) groups excluding carboxylic acids is 2. The van der Waals surface area contributed by atoms with E-state index in [0.29, 0.717) is 26.1 Å². The second-order valence-electron chi connectivity index (χ2n) is 8.98. The van der Waals surface area contributed by atoms with Crippen LogP contribution in [0.2, 0.25) is 0 Å². The molecule has 4 aromatic carbocycles. The van der Waals surface area contributed by atoms with Crippen LogP contribution in [0.3, 0.4) is 0 Å². The van der Waals surface area contributed by atoms with E-state index in [1.807, 2.05) is 41.3 Å². The molecular weight excluding hydrogens is 422 g/mol. The SMILES string of the molecule is O=C(Cc1ccc2ccccc2c1)NCC1CCN(Cc2cccc3ccccc23)C(=O)CN1. The second-order valence-corrected chi connectivity index (χ2v) is 8.98. The first-order valence-corrected chi connectivity index (χ1v) is 11.9. The van der Waals surface area contributed by atoms with Crippen LogP contribution in [-0.2, 0) is 22.6 Å². The molecule has 0 radical (unpaired) electrons. The molecule has 2 amide bonds. The average molecular weight is 452 g/mol. The van der Waals surface area contributed by atoms with Crippen LogP contribution in [-0.4, -0.2) is 42.4 Å². The van der Waals surface area contributed by atoms with Crippen LogP contribution in [0.25, 0.3) is 21.5 Å². The highest BCUT2D eigenvalue weighted by molar-refractivity contribution is 5.87. The summed E-state index contributed by atoms with van der Waals surface area (Å²) in [6, 6.07) is 28.9. The van der Waals surface area contributed by atoms with Crippen molar-refractivity contribution in [2.24, 2.45) is 0 Å². The summed E-state index contributed by atoms with van der Waals surface area (Å²) in [7, 11) is 0. The van der Waals surface area contributed by atoms with Crippen LogP contribution in [0, 0.1) is 0 Å². The Morgan fingerprint density at radius 3 is 2.56 bits per heavy atom. The predicted molar refractivity (Wildman–Crippen MR) is 136 cm³/mol. The summed E-state index contributed by atoms with van der Waals surface area (Å²) in [5.41, 5.74) is 2.16. The van der Waals surface area contributed by atoms with E-state index in [1.165, 1.54) is 16.2 Å². The van der Waals surface area contributed by atoms with Gasteiger partial charge in [0, 0.05) is 25.7 Å². The molecule has 0 aromatic heterocycles. The van der Waals surface area contributed by atoms with Crippen molar-refractivity contribution in [2.45, 2.75) is 25.4 Å². The van der Waals surface area contributed by atoms with Crippen LogP contribution >= 0.6 is 0 Å². The number of nitrogens with zero attached hydrogens (tertiary/aromatic N) is 1. The Hall–Kier alpha value is -3.70. The molecule has 4 aromatic rings. The molecule has 1 atom stereocenters. The molecule has 5 heteroatoms. The maximum Gasteiger partial charge on any atom is 0.236 e. The van der Waals surface area contributed by atoms with Gasteiger partial charge >= 0.3 is 0 Å². The van der Waals surface area contributed by atoms with Crippen molar-refractivity contribution in [1.29, 1.82) is 0 Å². The summed E-state index contributed by atoms with van der Waals surface area (Å²) in [4.78, 5) is 27.2. The largest absolute Gasteiger partial charge is 0.354 e. The van der Waals surface area contributed by atoms with E-state index < -0.39 is 0 Å². The number of amides is 2. The van der Waals surface area contributed by atoms with E-state index in [9.17, 15) is 9.59 Å². The van der Waals surface area contributed by atoms with Gasteiger partial charge in [0.15, 0.2) is 0 Å². The summed E-state index contributed by atoms with van der Waals surface area (Å²) in [5.74, 6) is 0.0955. The number of hydrogen-bond acceptors (Lipinski definition) is 3. The van der Waals surface area contributed by atoms with E-state index in [-0.39, 0.29) is 24.4 Å². The van der Waals surface area contributed by atoms with Gasteiger partial charge in [-0.3, -0.25) is 9.59 Å². The summed E-state index contributed by atoms with van der Waals surface area (Å²) < 4.78 is 0. The van der Waals surface area contributed by atoms with E-state index in [4.69, 9.17) is 0 Å². The highest BCUT2D eigenvalue weighted by Crippen LogP contribution is 2.21. The molecule has 1 fully saturated rings. The molecule has 0 saturated carbocycles. The fourth-order valence-corrected chi connectivity index (χ4v) is 4.69. The summed E-state index contributed by atoms with van der Waals surface area (Å²) in [6.07, 6.45) is 1.15. The molecule has 172 valence electrons. The first kappa shape index (κ1) is 22.1. The lowest BCUT2D eigenvalue weighted by Gasteiger charge is -2.21. The van der Waals surface area contributed by atoms with Crippen molar-refractivity contribution in [1.82, 2.24) is 15.5 Å².